The summed E-state index contributed by atoms with van der Waals surface area (Å²) in [5.41, 5.74) is 1.86. The number of likely N-dealkylation sites (tertiary alicyclic amines) is 1. The fourth-order valence-electron chi connectivity index (χ4n) is 2.73. The average Bonchev–Trinajstić information content (AvgIpc) is 2.38. The summed E-state index contributed by atoms with van der Waals surface area (Å²) in [6, 6.07) is 5.34. The zero-order valence-corrected chi connectivity index (χ0v) is 11.6. The van der Waals surface area contributed by atoms with E-state index in [0.717, 1.165) is 31.1 Å². The minimum Gasteiger partial charge on any atom is -0.383 e. The van der Waals surface area contributed by atoms with Gasteiger partial charge >= 0.3 is 0 Å². The first-order chi connectivity index (χ1) is 9.10. The molecule has 0 aromatic heterocycles. The minimum absolute atomic E-state index is 0.137. The fourth-order valence-corrected chi connectivity index (χ4v) is 2.73. The Morgan fingerprint density at radius 3 is 2.95 bits per heavy atom. The molecule has 1 aliphatic rings. The lowest BCUT2D eigenvalue weighted by Crippen LogP contribution is -2.33. The molecule has 5 nitrogen and oxygen atoms in total. The van der Waals surface area contributed by atoms with Crippen LogP contribution in [0.1, 0.15) is 25.3 Å². The van der Waals surface area contributed by atoms with Gasteiger partial charge in [0.2, 0.25) is 0 Å². The van der Waals surface area contributed by atoms with Crippen LogP contribution in [-0.4, -0.2) is 30.0 Å². The van der Waals surface area contributed by atoms with Gasteiger partial charge in [-0.1, -0.05) is 13.0 Å². The van der Waals surface area contributed by atoms with Gasteiger partial charge in [-0.2, -0.15) is 0 Å². The van der Waals surface area contributed by atoms with Crippen LogP contribution in [0, 0.1) is 16.0 Å². The highest BCUT2D eigenvalue weighted by Crippen LogP contribution is 2.26. The highest BCUT2D eigenvalue weighted by molar-refractivity contribution is 5.62. The van der Waals surface area contributed by atoms with E-state index in [-0.39, 0.29) is 10.6 Å². The SMILES string of the molecule is CNc1cc(CN2CCCC(C)C2)ccc1[N+](=O)[O-]. The molecule has 104 valence electrons. The number of hydrogen-bond donors (Lipinski definition) is 1. The van der Waals surface area contributed by atoms with E-state index in [9.17, 15) is 10.1 Å². The van der Waals surface area contributed by atoms with Crippen LogP contribution in [0.15, 0.2) is 18.2 Å². The van der Waals surface area contributed by atoms with Crippen LogP contribution in [0.25, 0.3) is 0 Å². The molecule has 1 aliphatic heterocycles. The highest BCUT2D eigenvalue weighted by Gasteiger charge is 2.18. The van der Waals surface area contributed by atoms with E-state index in [1.807, 2.05) is 12.1 Å². The Kier molecular flexibility index (Phi) is 4.37. The molecule has 0 bridgehead atoms. The second-order valence-electron chi connectivity index (χ2n) is 5.34. The van der Waals surface area contributed by atoms with E-state index in [2.05, 4.69) is 17.1 Å². The van der Waals surface area contributed by atoms with E-state index in [1.165, 1.54) is 12.8 Å². The van der Waals surface area contributed by atoms with Crippen LogP contribution in [0.3, 0.4) is 0 Å². The lowest BCUT2D eigenvalue weighted by Gasteiger charge is -2.30. The van der Waals surface area contributed by atoms with Gasteiger partial charge in [-0.15, -0.1) is 0 Å². The van der Waals surface area contributed by atoms with E-state index in [1.54, 1.807) is 13.1 Å². The summed E-state index contributed by atoms with van der Waals surface area (Å²) in [6.45, 7) is 5.39. The second-order valence-corrected chi connectivity index (χ2v) is 5.34. The van der Waals surface area contributed by atoms with Crippen molar-refractivity contribution in [1.82, 2.24) is 4.90 Å². The first kappa shape index (κ1) is 13.8. The molecule has 1 unspecified atom stereocenters. The minimum atomic E-state index is -0.349. The molecule has 0 radical (unpaired) electrons. The number of nitro groups is 1. The molecule has 1 aromatic rings. The van der Waals surface area contributed by atoms with Crippen molar-refractivity contribution in [2.45, 2.75) is 26.3 Å². The van der Waals surface area contributed by atoms with Gasteiger partial charge in [0.25, 0.3) is 5.69 Å². The van der Waals surface area contributed by atoms with Gasteiger partial charge in [-0.3, -0.25) is 15.0 Å². The second kappa shape index (κ2) is 6.02. The summed E-state index contributed by atoms with van der Waals surface area (Å²) >= 11 is 0. The molecule has 1 N–H and O–H groups in total. The maximum atomic E-state index is 10.9. The van der Waals surface area contributed by atoms with Crippen molar-refractivity contribution >= 4 is 11.4 Å². The predicted molar refractivity (Wildman–Crippen MR) is 76.3 cm³/mol. The lowest BCUT2D eigenvalue weighted by molar-refractivity contribution is -0.384. The van der Waals surface area contributed by atoms with Gasteiger partial charge in [0.15, 0.2) is 0 Å². The molecule has 1 saturated heterocycles. The Bertz CT molecular complexity index is 462. The van der Waals surface area contributed by atoms with Gasteiger partial charge in [0, 0.05) is 26.2 Å². The standard InChI is InChI=1S/C14H21N3O2/c1-11-4-3-7-16(9-11)10-12-5-6-14(17(18)19)13(8-12)15-2/h5-6,8,11,15H,3-4,7,9-10H2,1-2H3. The molecule has 0 saturated carbocycles. The summed E-state index contributed by atoms with van der Waals surface area (Å²) in [5, 5.41) is 13.8. The van der Waals surface area contributed by atoms with Gasteiger partial charge in [-0.05, 0) is 36.9 Å². The monoisotopic (exact) mass is 263 g/mol. The first-order valence-corrected chi connectivity index (χ1v) is 6.77. The third kappa shape index (κ3) is 3.44. The maximum Gasteiger partial charge on any atom is 0.292 e. The summed E-state index contributed by atoms with van der Waals surface area (Å²) in [5.74, 6) is 0.746. The van der Waals surface area contributed by atoms with Gasteiger partial charge < -0.3 is 5.32 Å². The number of anilines is 1. The topological polar surface area (TPSA) is 58.4 Å². The van der Waals surface area contributed by atoms with E-state index < -0.39 is 0 Å². The quantitative estimate of drug-likeness (QED) is 0.670. The Morgan fingerprint density at radius 2 is 2.32 bits per heavy atom. The Balaban J connectivity index is 2.10. The molecule has 5 heteroatoms. The summed E-state index contributed by atoms with van der Waals surface area (Å²) in [7, 11) is 1.72. The molecule has 1 aromatic carbocycles. The molecule has 0 aliphatic carbocycles. The van der Waals surface area contributed by atoms with Crippen molar-refractivity contribution < 1.29 is 4.92 Å². The Labute approximate surface area is 113 Å². The summed E-state index contributed by atoms with van der Waals surface area (Å²) in [6.07, 6.45) is 2.55. The molecular weight excluding hydrogens is 242 g/mol. The number of hydrogen-bond acceptors (Lipinski definition) is 4. The predicted octanol–water partition coefficient (Wildman–Crippen LogP) is 2.87. The molecular formula is C14H21N3O2. The van der Waals surface area contributed by atoms with Crippen LogP contribution < -0.4 is 5.32 Å². The number of nitrogens with one attached hydrogen (secondary N) is 1. The van der Waals surface area contributed by atoms with Crippen molar-refractivity contribution in [3.8, 4) is 0 Å². The van der Waals surface area contributed by atoms with Crippen LogP contribution in [0.5, 0.6) is 0 Å². The average molecular weight is 263 g/mol. The highest BCUT2D eigenvalue weighted by atomic mass is 16.6. The summed E-state index contributed by atoms with van der Waals surface area (Å²) in [4.78, 5) is 13.0. The van der Waals surface area contributed by atoms with Crippen molar-refractivity contribution in [3.63, 3.8) is 0 Å². The smallest absolute Gasteiger partial charge is 0.292 e. The van der Waals surface area contributed by atoms with Crippen molar-refractivity contribution in [2.75, 3.05) is 25.5 Å². The number of rotatable bonds is 4. The fraction of sp³-hybridized carbons (Fsp3) is 0.571. The normalized spacial score (nSPS) is 20.2. The van der Waals surface area contributed by atoms with E-state index >= 15 is 0 Å². The first-order valence-electron chi connectivity index (χ1n) is 6.77. The third-order valence-corrected chi connectivity index (χ3v) is 3.67. The molecule has 19 heavy (non-hydrogen) atoms. The van der Waals surface area contributed by atoms with Crippen LogP contribution in [0.2, 0.25) is 0 Å². The molecule has 1 fully saturated rings. The van der Waals surface area contributed by atoms with Gasteiger partial charge in [-0.25, -0.2) is 0 Å². The van der Waals surface area contributed by atoms with Gasteiger partial charge in [0.1, 0.15) is 5.69 Å². The zero-order chi connectivity index (χ0) is 13.8. The van der Waals surface area contributed by atoms with Crippen molar-refractivity contribution in [2.24, 2.45) is 5.92 Å². The zero-order valence-electron chi connectivity index (χ0n) is 11.6. The molecule has 0 spiro atoms. The summed E-state index contributed by atoms with van der Waals surface area (Å²) < 4.78 is 0. The largest absolute Gasteiger partial charge is 0.383 e. The molecule has 0 amide bonds. The Hall–Kier alpha value is -1.62. The maximum absolute atomic E-state index is 10.9. The van der Waals surface area contributed by atoms with Crippen LogP contribution >= 0.6 is 0 Å². The molecule has 1 atom stereocenters. The van der Waals surface area contributed by atoms with Gasteiger partial charge in [0.05, 0.1) is 4.92 Å². The number of nitrogens with zero attached hydrogens (tertiary/aromatic N) is 2. The third-order valence-electron chi connectivity index (χ3n) is 3.67. The number of piperidine rings is 1. The van der Waals surface area contributed by atoms with Crippen molar-refractivity contribution in [1.29, 1.82) is 0 Å². The number of benzene rings is 1. The molecule has 2 rings (SSSR count). The van der Waals surface area contributed by atoms with E-state index in [0.29, 0.717) is 5.69 Å². The van der Waals surface area contributed by atoms with E-state index in [4.69, 9.17) is 0 Å². The van der Waals surface area contributed by atoms with Crippen LogP contribution in [-0.2, 0) is 6.54 Å². The lowest BCUT2D eigenvalue weighted by atomic mass is 10.00. The van der Waals surface area contributed by atoms with Crippen LogP contribution in [0.4, 0.5) is 11.4 Å². The Morgan fingerprint density at radius 1 is 1.53 bits per heavy atom. The molecule has 1 heterocycles. The van der Waals surface area contributed by atoms with Crippen molar-refractivity contribution in [3.05, 3.63) is 33.9 Å². The number of nitro benzene ring substituents is 1.